The van der Waals surface area contributed by atoms with Gasteiger partial charge in [0.25, 0.3) is 0 Å². The first kappa shape index (κ1) is 12.3. The molecule has 0 aromatic carbocycles. The number of nitrogens with one attached hydrogen (secondary N) is 1. The highest BCUT2D eigenvalue weighted by molar-refractivity contribution is 5.83. The molecule has 1 aromatic rings. The van der Waals surface area contributed by atoms with Crippen LogP contribution < -0.4 is 16.8 Å². The molecule has 0 saturated carbocycles. The predicted molar refractivity (Wildman–Crippen MR) is 64.8 cm³/mol. The van der Waals surface area contributed by atoms with Gasteiger partial charge in [-0.3, -0.25) is 4.79 Å². The van der Waals surface area contributed by atoms with E-state index in [1.54, 1.807) is 12.3 Å². The third-order valence-corrected chi connectivity index (χ3v) is 2.43. The molecule has 0 radical (unpaired) electrons. The van der Waals surface area contributed by atoms with Gasteiger partial charge < -0.3 is 16.8 Å². The Balaban J connectivity index is 2.86. The predicted octanol–water partition coefficient (Wildman–Crippen LogP) is 0.894. The van der Waals surface area contributed by atoms with E-state index in [9.17, 15) is 4.79 Å². The Bertz CT molecular complexity index is 390. The minimum absolute atomic E-state index is 0.108. The van der Waals surface area contributed by atoms with Crippen LogP contribution in [0.15, 0.2) is 12.3 Å². The van der Waals surface area contributed by atoms with Crippen molar-refractivity contribution >= 4 is 17.4 Å². The third kappa shape index (κ3) is 2.85. The Hall–Kier alpha value is -1.78. The first-order valence-electron chi connectivity index (χ1n) is 5.19. The van der Waals surface area contributed by atoms with E-state index in [1.807, 2.05) is 20.8 Å². The molecule has 1 atom stereocenters. The summed E-state index contributed by atoms with van der Waals surface area (Å²) in [4.78, 5) is 15.3. The maximum atomic E-state index is 11.2. The summed E-state index contributed by atoms with van der Waals surface area (Å²) in [5.74, 6) is 0.340. The quantitative estimate of drug-likeness (QED) is 0.705. The summed E-state index contributed by atoms with van der Waals surface area (Å²) in [7, 11) is 0. The lowest BCUT2D eigenvalue weighted by Gasteiger charge is -2.19. The van der Waals surface area contributed by atoms with E-state index in [0.717, 1.165) is 5.56 Å². The van der Waals surface area contributed by atoms with Crippen LogP contribution >= 0.6 is 0 Å². The van der Waals surface area contributed by atoms with Crippen LogP contribution in [0, 0.1) is 12.8 Å². The normalized spacial score (nSPS) is 12.5. The number of nitrogens with two attached hydrogens (primary N) is 2. The van der Waals surface area contributed by atoms with Crippen molar-refractivity contribution in [2.75, 3.05) is 11.1 Å². The lowest BCUT2D eigenvalue weighted by Crippen LogP contribution is -2.39. The minimum Gasteiger partial charge on any atom is -0.397 e. The fourth-order valence-electron chi connectivity index (χ4n) is 1.37. The first-order valence-corrected chi connectivity index (χ1v) is 5.19. The van der Waals surface area contributed by atoms with Crippen molar-refractivity contribution in [3.63, 3.8) is 0 Å². The van der Waals surface area contributed by atoms with Crippen LogP contribution in [0.3, 0.4) is 0 Å². The summed E-state index contributed by atoms with van der Waals surface area (Å²) in [6.45, 7) is 5.73. The van der Waals surface area contributed by atoms with Gasteiger partial charge in [0.1, 0.15) is 11.9 Å². The molecule has 0 fully saturated rings. The number of aryl methyl sites for hydroxylation is 1. The zero-order valence-corrected chi connectivity index (χ0v) is 9.82. The Morgan fingerprint density at radius 2 is 2.12 bits per heavy atom. The van der Waals surface area contributed by atoms with Gasteiger partial charge in [0.15, 0.2) is 0 Å². The zero-order chi connectivity index (χ0) is 12.3. The molecule has 5 N–H and O–H groups in total. The number of nitrogen functional groups attached to an aromatic ring is 1. The molecular weight excluding hydrogens is 204 g/mol. The molecule has 1 rings (SSSR count). The monoisotopic (exact) mass is 222 g/mol. The summed E-state index contributed by atoms with van der Waals surface area (Å²) >= 11 is 0. The van der Waals surface area contributed by atoms with Crippen molar-refractivity contribution in [1.82, 2.24) is 4.98 Å². The number of pyridine rings is 1. The van der Waals surface area contributed by atoms with E-state index in [4.69, 9.17) is 11.5 Å². The van der Waals surface area contributed by atoms with Gasteiger partial charge in [-0.2, -0.15) is 0 Å². The van der Waals surface area contributed by atoms with Crippen LogP contribution in [0.1, 0.15) is 19.4 Å². The Labute approximate surface area is 95.2 Å². The van der Waals surface area contributed by atoms with Crippen molar-refractivity contribution in [1.29, 1.82) is 0 Å². The molecule has 88 valence electrons. The average Bonchev–Trinajstić information content (AvgIpc) is 2.18. The Morgan fingerprint density at radius 3 is 2.56 bits per heavy atom. The van der Waals surface area contributed by atoms with Crippen molar-refractivity contribution in [2.24, 2.45) is 11.7 Å². The zero-order valence-electron chi connectivity index (χ0n) is 9.82. The van der Waals surface area contributed by atoms with Crippen molar-refractivity contribution in [3.8, 4) is 0 Å². The minimum atomic E-state index is -0.421. The largest absolute Gasteiger partial charge is 0.397 e. The molecule has 0 bridgehead atoms. The van der Waals surface area contributed by atoms with Crippen LogP contribution in [0.4, 0.5) is 11.5 Å². The second-order valence-electron chi connectivity index (χ2n) is 4.19. The summed E-state index contributed by atoms with van der Waals surface area (Å²) in [5.41, 5.74) is 12.5. The number of carbonyl (C=O) groups is 1. The lowest BCUT2D eigenvalue weighted by molar-refractivity contribution is -0.119. The number of anilines is 2. The van der Waals surface area contributed by atoms with E-state index < -0.39 is 6.04 Å². The van der Waals surface area contributed by atoms with Gasteiger partial charge in [0, 0.05) is 0 Å². The van der Waals surface area contributed by atoms with Gasteiger partial charge in [0.2, 0.25) is 5.91 Å². The van der Waals surface area contributed by atoms with Gasteiger partial charge in [-0.1, -0.05) is 13.8 Å². The van der Waals surface area contributed by atoms with E-state index >= 15 is 0 Å². The van der Waals surface area contributed by atoms with Crippen LogP contribution in [0.5, 0.6) is 0 Å². The number of hydrogen-bond donors (Lipinski definition) is 3. The topological polar surface area (TPSA) is 94.0 Å². The third-order valence-electron chi connectivity index (χ3n) is 2.43. The molecule has 0 saturated heterocycles. The second-order valence-corrected chi connectivity index (χ2v) is 4.19. The molecule has 1 amide bonds. The molecule has 5 nitrogen and oxygen atoms in total. The summed E-state index contributed by atoms with van der Waals surface area (Å²) in [5, 5.41) is 3.00. The van der Waals surface area contributed by atoms with Gasteiger partial charge in [-0.05, 0) is 24.5 Å². The second kappa shape index (κ2) is 4.83. The smallest absolute Gasteiger partial charge is 0.240 e. The van der Waals surface area contributed by atoms with Crippen molar-refractivity contribution < 1.29 is 4.79 Å². The van der Waals surface area contributed by atoms with E-state index in [0.29, 0.717) is 11.5 Å². The summed E-state index contributed by atoms with van der Waals surface area (Å²) < 4.78 is 0. The number of amides is 1. The highest BCUT2D eigenvalue weighted by Crippen LogP contribution is 2.15. The SMILES string of the molecule is Cc1cc(NC(C(N)=O)C(C)C)ncc1N. The summed E-state index contributed by atoms with van der Waals surface area (Å²) in [6, 6.07) is 1.38. The van der Waals surface area contributed by atoms with Crippen LogP contribution in [0.2, 0.25) is 0 Å². The molecule has 1 heterocycles. The molecule has 1 aromatic heterocycles. The van der Waals surface area contributed by atoms with Crippen LogP contribution in [-0.2, 0) is 4.79 Å². The highest BCUT2D eigenvalue weighted by atomic mass is 16.1. The standard InChI is InChI=1S/C11H18N4O/c1-6(2)10(11(13)16)15-9-4-7(3)8(12)5-14-9/h4-6,10H,12H2,1-3H3,(H2,13,16)(H,14,15). The molecule has 16 heavy (non-hydrogen) atoms. The van der Waals surface area contributed by atoms with Crippen LogP contribution in [0.25, 0.3) is 0 Å². The molecule has 0 aliphatic carbocycles. The lowest BCUT2D eigenvalue weighted by atomic mass is 10.0. The van der Waals surface area contributed by atoms with E-state index in [2.05, 4.69) is 10.3 Å². The Kier molecular flexibility index (Phi) is 3.71. The fourth-order valence-corrected chi connectivity index (χ4v) is 1.37. The molecule has 0 aliphatic rings. The maximum absolute atomic E-state index is 11.2. The van der Waals surface area contributed by atoms with Gasteiger partial charge >= 0.3 is 0 Å². The summed E-state index contributed by atoms with van der Waals surface area (Å²) in [6.07, 6.45) is 1.57. The Morgan fingerprint density at radius 1 is 1.50 bits per heavy atom. The molecule has 5 heteroatoms. The number of hydrogen-bond acceptors (Lipinski definition) is 4. The van der Waals surface area contributed by atoms with Gasteiger partial charge in [0.05, 0.1) is 11.9 Å². The van der Waals surface area contributed by atoms with Gasteiger partial charge in [-0.15, -0.1) is 0 Å². The van der Waals surface area contributed by atoms with Crippen molar-refractivity contribution in [2.45, 2.75) is 26.8 Å². The number of carbonyl (C=O) groups excluding carboxylic acids is 1. The maximum Gasteiger partial charge on any atom is 0.240 e. The van der Waals surface area contributed by atoms with Crippen molar-refractivity contribution in [3.05, 3.63) is 17.8 Å². The molecule has 0 spiro atoms. The fraction of sp³-hybridized carbons (Fsp3) is 0.455. The molecule has 0 aliphatic heterocycles. The molecule has 1 unspecified atom stereocenters. The number of rotatable bonds is 4. The molecular formula is C11H18N4O. The number of primary amides is 1. The number of aromatic nitrogens is 1. The average molecular weight is 222 g/mol. The van der Waals surface area contributed by atoms with Gasteiger partial charge in [-0.25, -0.2) is 4.98 Å². The highest BCUT2D eigenvalue weighted by Gasteiger charge is 2.19. The van der Waals surface area contributed by atoms with Crippen LogP contribution in [-0.4, -0.2) is 16.9 Å². The first-order chi connectivity index (χ1) is 7.41. The number of nitrogens with zero attached hydrogens (tertiary/aromatic N) is 1. The van der Waals surface area contributed by atoms with E-state index in [1.165, 1.54) is 0 Å². The van der Waals surface area contributed by atoms with E-state index in [-0.39, 0.29) is 11.8 Å².